The molecule has 11 aromatic rings. The lowest BCUT2D eigenvalue weighted by Gasteiger charge is -2.10. The number of nitrogens with zero attached hydrogens (tertiary/aromatic N) is 2. The van der Waals surface area contributed by atoms with Gasteiger partial charge in [-0.1, -0.05) is 109 Å². The fourth-order valence-electron chi connectivity index (χ4n) is 7.99. The highest BCUT2D eigenvalue weighted by Crippen LogP contribution is 2.41. The van der Waals surface area contributed by atoms with Crippen molar-refractivity contribution >= 4 is 65.6 Å². The van der Waals surface area contributed by atoms with E-state index in [0.29, 0.717) is 22.1 Å². The lowest BCUT2D eigenvalue weighted by atomic mass is 9.99. The van der Waals surface area contributed by atoms with E-state index in [1.165, 1.54) is 16.3 Å². The molecule has 11 rings (SSSR count). The second kappa shape index (κ2) is 10.8. The molecule has 0 saturated carbocycles. The molecular formula is C48H30N2O. The van der Waals surface area contributed by atoms with Gasteiger partial charge in [0.15, 0.2) is 0 Å². The molecule has 3 heteroatoms. The topological polar surface area (TPSA) is 23.0 Å². The summed E-state index contributed by atoms with van der Waals surface area (Å²) in [4.78, 5) is 0. The van der Waals surface area contributed by atoms with Crippen LogP contribution >= 0.6 is 0 Å². The zero-order chi connectivity index (χ0) is 37.8. The quantitative estimate of drug-likeness (QED) is 0.185. The molecule has 0 aliphatic carbocycles. The van der Waals surface area contributed by atoms with Gasteiger partial charge in [0.25, 0.3) is 0 Å². The summed E-state index contributed by atoms with van der Waals surface area (Å²) in [5.41, 5.74) is 10.7. The number of fused-ring (bicyclic) bond motifs is 9. The van der Waals surface area contributed by atoms with Crippen molar-refractivity contribution in [3.8, 4) is 33.6 Å². The molecule has 0 spiro atoms. The maximum Gasteiger partial charge on any atom is 0.136 e. The van der Waals surface area contributed by atoms with Crippen molar-refractivity contribution in [3.05, 3.63) is 182 Å². The Labute approximate surface area is 300 Å². The number of hydrogen-bond acceptors (Lipinski definition) is 1. The first-order valence-corrected chi connectivity index (χ1v) is 17.0. The van der Waals surface area contributed by atoms with Crippen LogP contribution < -0.4 is 0 Å². The molecule has 0 aliphatic rings. The van der Waals surface area contributed by atoms with Crippen LogP contribution in [0.2, 0.25) is 0 Å². The molecule has 3 heterocycles. The Morgan fingerprint density at radius 2 is 1.00 bits per heavy atom. The third kappa shape index (κ3) is 4.19. The zero-order valence-electron chi connectivity index (χ0n) is 32.2. The fourth-order valence-corrected chi connectivity index (χ4v) is 7.99. The number of aromatic nitrogens is 2. The summed E-state index contributed by atoms with van der Waals surface area (Å²) in [6, 6.07) is 50.8. The van der Waals surface area contributed by atoms with Gasteiger partial charge in [-0.2, -0.15) is 0 Å². The van der Waals surface area contributed by atoms with E-state index in [-0.39, 0.29) is 29.7 Å². The summed E-state index contributed by atoms with van der Waals surface area (Å²) in [5, 5.41) is 6.17. The lowest BCUT2D eigenvalue weighted by molar-refractivity contribution is 0.669. The van der Waals surface area contributed by atoms with Crippen molar-refractivity contribution in [2.45, 2.75) is 0 Å². The van der Waals surface area contributed by atoms with Gasteiger partial charge in [-0.3, -0.25) is 0 Å². The van der Waals surface area contributed by atoms with Crippen LogP contribution in [-0.4, -0.2) is 9.13 Å². The van der Waals surface area contributed by atoms with Gasteiger partial charge in [0, 0.05) is 43.7 Å². The Balaban J connectivity index is 1.10. The molecule has 0 atom stereocenters. The molecule has 0 aliphatic heterocycles. The van der Waals surface area contributed by atoms with E-state index in [1.54, 1.807) is 12.1 Å². The highest BCUT2D eigenvalue weighted by Gasteiger charge is 2.18. The average Bonchev–Trinajstić information content (AvgIpc) is 3.90. The molecule has 0 N–H and O–H groups in total. The van der Waals surface area contributed by atoms with Crippen LogP contribution in [0.4, 0.5) is 0 Å². The first kappa shape index (κ1) is 23.5. The summed E-state index contributed by atoms with van der Waals surface area (Å²) < 4.78 is 53.2. The maximum atomic E-state index is 8.73. The normalized spacial score (nSPS) is 13.3. The van der Waals surface area contributed by atoms with Gasteiger partial charge in [-0.15, -0.1) is 0 Å². The zero-order valence-corrected chi connectivity index (χ0v) is 27.2. The van der Waals surface area contributed by atoms with E-state index in [9.17, 15) is 0 Å². The predicted octanol–water partition coefficient (Wildman–Crippen LogP) is 13.1. The molecule has 0 radical (unpaired) electrons. The molecule has 0 unspecified atom stereocenters. The molecule has 8 aromatic carbocycles. The first-order chi connectivity index (χ1) is 27.4. The second-order valence-electron chi connectivity index (χ2n) is 13.0. The van der Waals surface area contributed by atoms with E-state index in [4.69, 9.17) is 11.3 Å². The van der Waals surface area contributed by atoms with Crippen LogP contribution in [-0.2, 0) is 0 Å². The minimum absolute atomic E-state index is 0.155. The van der Waals surface area contributed by atoms with Crippen LogP contribution in [0.5, 0.6) is 0 Å². The largest absolute Gasteiger partial charge is 0.456 e. The molecule has 0 bridgehead atoms. The molecule has 3 aromatic heterocycles. The minimum Gasteiger partial charge on any atom is -0.456 e. The Kier molecular flexibility index (Phi) is 4.99. The fraction of sp³-hybridized carbons (Fsp3) is 0. The maximum absolute atomic E-state index is 8.73. The van der Waals surface area contributed by atoms with Gasteiger partial charge >= 0.3 is 0 Å². The second-order valence-corrected chi connectivity index (χ2v) is 13.0. The van der Waals surface area contributed by atoms with E-state index < -0.39 is 6.04 Å². The van der Waals surface area contributed by atoms with Crippen LogP contribution in [0, 0.1) is 0 Å². The van der Waals surface area contributed by atoms with Crippen LogP contribution in [0.25, 0.3) is 99.2 Å². The average molecular weight is 656 g/mol. The molecule has 3 nitrogen and oxygen atoms in total. The standard InChI is InChI=1S/C48H30N2O/c1-3-12-31(13-4-1)36-18-11-21-47-48(36)41-30-35(24-27-46(41)51-47)50-43-20-10-8-17-38(43)40-29-33(23-26-45(40)50)32-22-25-44-39(28-32)37-16-7-9-19-42(37)49(44)34-14-5-2-6-15-34/h1-30H/i1D,3D,4D,12D,13D. The lowest BCUT2D eigenvalue weighted by Crippen LogP contribution is -1.93. The Morgan fingerprint density at radius 1 is 0.392 bits per heavy atom. The Morgan fingerprint density at radius 3 is 1.69 bits per heavy atom. The number of furan rings is 1. The van der Waals surface area contributed by atoms with Crippen molar-refractivity contribution in [1.29, 1.82) is 0 Å². The van der Waals surface area contributed by atoms with Crippen molar-refractivity contribution in [3.63, 3.8) is 0 Å². The number of rotatable bonds is 4. The Hall–Kier alpha value is -6.84. The summed E-state index contributed by atoms with van der Waals surface area (Å²) in [5.74, 6) is 0. The SMILES string of the molecule is [2H]c1c([2H])c([2H])c(-c2cccc3oc4ccc(-n5c6ccccc6c6cc(-c7ccc8c(c7)c7ccccc7n8-c7ccccc7)ccc65)cc4c23)c([2H])c1[2H]. The van der Waals surface area contributed by atoms with Crippen molar-refractivity contribution in [1.82, 2.24) is 9.13 Å². The van der Waals surface area contributed by atoms with Gasteiger partial charge in [0.05, 0.1) is 28.9 Å². The monoisotopic (exact) mass is 655 g/mol. The van der Waals surface area contributed by atoms with E-state index in [1.807, 2.05) is 24.3 Å². The smallest absolute Gasteiger partial charge is 0.136 e. The number of hydrogen-bond donors (Lipinski definition) is 0. The molecule has 51 heavy (non-hydrogen) atoms. The molecule has 0 amide bonds. The number of para-hydroxylation sites is 3. The van der Waals surface area contributed by atoms with Crippen molar-refractivity contribution in [2.24, 2.45) is 0 Å². The van der Waals surface area contributed by atoms with E-state index >= 15 is 0 Å². The van der Waals surface area contributed by atoms with Gasteiger partial charge in [-0.05, 0) is 95.1 Å². The van der Waals surface area contributed by atoms with Crippen LogP contribution in [0.3, 0.4) is 0 Å². The molecular weight excluding hydrogens is 621 g/mol. The van der Waals surface area contributed by atoms with Crippen LogP contribution in [0.1, 0.15) is 6.85 Å². The van der Waals surface area contributed by atoms with Gasteiger partial charge in [0.1, 0.15) is 11.2 Å². The summed E-state index contributed by atoms with van der Waals surface area (Å²) >= 11 is 0. The van der Waals surface area contributed by atoms with Crippen molar-refractivity contribution in [2.75, 3.05) is 0 Å². The predicted molar refractivity (Wildman–Crippen MR) is 213 cm³/mol. The highest BCUT2D eigenvalue weighted by atomic mass is 16.3. The molecule has 238 valence electrons. The summed E-state index contributed by atoms with van der Waals surface area (Å²) in [6.07, 6.45) is 0. The highest BCUT2D eigenvalue weighted by molar-refractivity contribution is 6.15. The van der Waals surface area contributed by atoms with Crippen molar-refractivity contribution < 1.29 is 11.3 Å². The van der Waals surface area contributed by atoms with Crippen LogP contribution in [0.15, 0.2) is 186 Å². The third-order valence-electron chi connectivity index (χ3n) is 10.2. The first-order valence-electron chi connectivity index (χ1n) is 19.5. The number of benzene rings is 8. The van der Waals surface area contributed by atoms with Gasteiger partial charge in [0.2, 0.25) is 0 Å². The van der Waals surface area contributed by atoms with E-state index in [0.717, 1.165) is 55.2 Å². The van der Waals surface area contributed by atoms with Gasteiger partial charge < -0.3 is 13.6 Å². The summed E-state index contributed by atoms with van der Waals surface area (Å²) in [6.45, 7) is 0. The summed E-state index contributed by atoms with van der Waals surface area (Å²) in [7, 11) is 0. The molecule has 0 fully saturated rings. The minimum atomic E-state index is -0.416. The molecule has 0 saturated heterocycles. The van der Waals surface area contributed by atoms with E-state index in [2.05, 4.69) is 124 Å². The third-order valence-corrected chi connectivity index (χ3v) is 10.2. The Bertz CT molecular complexity index is 3400. The van der Waals surface area contributed by atoms with Gasteiger partial charge in [-0.25, -0.2) is 0 Å².